The van der Waals surface area contributed by atoms with Crippen molar-refractivity contribution in [3.63, 3.8) is 0 Å². The number of halogens is 2. The minimum Gasteiger partial charge on any atom is -0.355 e. The zero-order chi connectivity index (χ0) is 13.7. The Hall–Kier alpha value is -1.13. The molecule has 0 bridgehead atoms. The highest BCUT2D eigenvalue weighted by Crippen LogP contribution is 2.10. The maximum Gasteiger partial charge on any atom is 0.224 e. The minimum atomic E-state index is -0.231. The van der Waals surface area contributed by atoms with Crippen LogP contribution in [0.5, 0.6) is 0 Å². The molecule has 2 atom stereocenters. The second-order valence-corrected chi connectivity index (χ2v) is 4.76. The summed E-state index contributed by atoms with van der Waals surface area (Å²) in [6, 6.07) is 4.54. The van der Waals surface area contributed by atoms with Crippen LogP contribution in [-0.2, 0) is 11.2 Å². The molecule has 1 aromatic rings. The second-order valence-electron chi connectivity index (χ2n) is 4.76. The Morgan fingerprint density at radius 1 is 1.42 bits per heavy atom. The number of hydrogen-bond donors (Lipinski definition) is 2. The summed E-state index contributed by atoms with van der Waals surface area (Å²) in [6.07, 6.45) is 0.698. The molecule has 0 aliphatic rings. The van der Waals surface area contributed by atoms with Crippen LogP contribution in [0.25, 0.3) is 0 Å². The standard InChI is InChI=1S/C14H21FN2O.ClH/c1-9-8-13(15)5-4-12(9)6-7-17-14(18)10(2)11(3)16;/h4-5,8,10-11H,6-7,16H2,1-3H3,(H,17,18);1H. The first-order chi connectivity index (χ1) is 8.41. The van der Waals surface area contributed by atoms with E-state index in [0.29, 0.717) is 13.0 Å². The average Bonchev–Trinajstić information content (AvgIpc) is 2.30. The van der Waals surface area contributed by atoms with Crippen LogP contribution >= 0.6 is 12.4 Å². The van der Waals surface area contributed by atoms with Crippen molar-refractivity contribution in [3.8, 4) is 0 Å². The molecular weight excluding hydrogens is 267 g/mol. The molecule has 0 spiro atoms. The fraction of sp³-hybridized carbons (Fsp3) is 0.500. The van der Waals surface area contributed by atoms with Gasteiger partial charge in [-0.2, -0.15) is 0 Å². The van der Waals surface area contributed by atoms with Crippen LogP contribution in [0.15, 0.2) is 18.2 Å². The molecule has 3 nitrogen and oxygen atoms in total. The van der Waals surface area contributed by atoms with E-state index in [1.165, 1.54) is 12.1 Å². The van der Waals surface area contributed by atoms with E-state index in [1.807, 2.05) is 20.8 Å². The van der Waals surface area contributed by atoms with Crippen LogP contribution in [0.3, 0.4) is 0 Å². The Morgan fingerprint density at radius 2 is 2.05 bits per heavy atom. The molecule has 0 fully saturated rings. The van der Waals surface area contributed by atoms with Crippen molar-refractivity contribution in [1.82, 2.24) is 5.32 Å². The van der Waals surface area contributed by atoms with E-state index >= 15 is 0 Å². The number of amides is 1. The van der Waals surface area contributed by atoms with Crippen molar-refractivity contribution in [2.75, 3.05) is 6.54 Å². The number of aryl methyl sites for hydroxylation is 1. The van der Waals surface area contributed by atoms with E-state index in [1.54, 1.807) is 6.07 Å². The van der Waals surface area contributed by atoms with E-state index in [9.17, 15) is 9.18 Å². The molecular formula is C14H22ClFN2O. The largest absolute Gasteiger partial charge is 0.355 e. The van der Waals surface area contributed by atoms with Gasteiger partial charge in [-0.3, -0.25) is 4.79 Å². The lowest BCUT2D eigenvalue weighted by molar-refractivity contribution is -0.124. The van der Waals surface area contributed by atoms with Gasteiger partial charge in [-0.1, -0.05) is 13.0 Å². The number of carbonyl (C=O) groups excluding carboxylic acids is 1. The first kappa shape index (κ1) is 17.9. The summed E-state index contributed by atoms with van der Waals surface area (Å²) >= 11 is 0. The summed E-state index contributed by atoms with van der Waals surface area (Å²) in [5, 5.41) is 2.84. The van der Waals surface area contributed by atoms with Crippen LogP contribution in [0.2, 0.25) is 0 Å². The molecule has 0 aliphatic heterocycles. The molecule has 0 saturated heterocycles. The van der Waals surface area contributed by atoms with E-state index in [-0.39, 0.29) is 36.1 Å². The van der Waals surface area contributed by atoms with Gasteiger partial charge in [0.15, 0.2) is 0 Å². The monoisotopic (exact) mass is 288 g/mol. The highest BCUT2D eigenvalue weighted by molar-refractivity contribution is 5.85. The molecule has 3 N–H and O–H groups in total. The SMILES string of the molecule is Cc1cc(F)ccc1CCNC(=O)C(C)C(C)N.Cl. The zero-order valence-corrected chi connectivity index (χ0v) is 12.4. The van der Waals surface area contributed by atoms with Crippen LogP contribution in [0, 0.1) is 18.7 Å². The molecule has 1 aromatic carbocycles. The van der Waals surface area contributed by atoms with Crippen molar-refractivity contribution in [2.24, 2.45) is 11.7 Å². The molecule has 0 heterocycles. The molecule has 5 heteroatoms. The van der Waals surface area contributed by atoms with Crippen LogP contribution in [-0.4, -0.2) is 18.5 Å². The van der Waals surface area contributed by atoms with Crippen LogP contribution in [0.1, 0.15) is 25.0 Å². The van der Waals surface area contributed by atoms with E-state index in [2.05, 4.69) is 5.32 Å². The molecule has 1 amide bonds. The van der Waals surface area contributed by atoms with Gasteiger partial charge in [-0.05, 0) is 43.5 Å². The van der Waals surface area contributed by atoms with E-state index in [0.717, 1.165) is 11.1 Å². The summed E-state index contributed by atoms with van der Waals surface area (Å²) < 4.78 is 12.9. The predicted molar refractivity (Wildman–Crippen MR) is 77.9 cm³/mol. The maximum atomic E-state index is 12.9. The van der Waals surface area contributed by atoms with Gasteiger partial charge in [0.1, 0.15) is 5.82 Å². The third-order valence-corrected chi connectivity index (χ3v) is 3.20. The van der Waals surface area contributed by atoms with E-state index < -0.39 is 0 Å². The number of rotatable bonds is 5. The van der Waals surface area contributed by atoms with Gasteiger partial charge in [-0.15, -0.1) is 12.4 Å². The lowest BCUT2D eigenvalue weighted by atomic mass is 10.0. The lowest BCUT2D eigenvalue weighted by Gasteiger charge is -2.15. The summed E-state index contributed by atoms with van der Waals surface area (Å²) in [4.78, 5) is 11.7. The molecule has 0 radical (unpaired) electrons. The molecule has 108 valence electrons. The first-order valence-electron chi connectivity index (χ1n) is 6.20. The fourth-order valence-corrected chi connectivity index (χ4v) is 1.66. The Balaban J connectivity index is 0.00000324. The molecule has 0 saturated carbocycles. The Bertz CT molecular complexity index is 424. The second kappa shape index (κ2) is 8.12. The molecule has 0 aromatic heterocycles. The van der Waals surface area contributed by atoms with Gasteiger partial charge in [-0.25, -0.2) is 4.39 Å². The number of carbonyl (C=O) groups is 1. The summed E-state index contributed by atoms with van der Waals surface area (Å²) in [5.74, 6) is -0.463. The van der Waals surface area contributed by atoms with Crippen LogP contribution < -0.4 is 11.1 Å². The molecule has 1 rings (SSSR count). The highest BCUT2D eigenvalue weighted by Gasteiger charge is 2.16. The van der Waals surface area contributed by atoms with Crippen molar-refractivity contribution in [3.05, 3.63) is 35.1 Å². The molecule has 2 unspecified atom stereocenters. The van der Waals surface area contributed by atoms with Crippen molar-refractivity contribution in [2.45, 2.75) is 33.2 Å². The maximum absolute atomic E-state index is 12.9. The van der Waals surface area contributed by atoms with Gasteiger partial charge < -0.3 is 11.1 Å². The Kier molecular flexibility index (Phi) is 7.64. The first-order valence-corrected chi connectivity index (χ1v) is 6.20. The molecule has 0 aliphatic carbocycles. The number of nitrogens with two attached hydrogens (primary N) is 1. The number of benzene rings is 1. The molecule has 19 heavy (non-hydrogen) atoms. The summed E-state index contributed by atoms with van der Waals surface area (Å²) in [6.45, 7) is 6.03. The van der Waals surface area contributed by atoms with Gasteiger partial charge in [0.25, 0.3) is 0 Å². The third-order valence-electron chi connectivity index (χ3n) is 3.20. The zero-order valence-electron chi connectivity index (χ0n) is 11.6. The minimum absolute atomic E-state index is 0. The Labute approximate surface area is 120 Å². The third kappa shape index (κ3) is 5.57. The van der Waals surface area contributed by atoms with Crippen LogP contribution in [0.4, 0.5) is 4.39 Å². The van der Waals surface area contributed by atoms with Gasteiger partial charge >= 0.3 is 0 Å². The fourth-order valence-electron chi connectivity index (χ4n) is 1.66. The lowest BCUT2D eigenvalue weighted by Crippen LogP contribution is -2.39. The Morgan fingerprint density at radius 3 is 2.58 bits per heavy atom. The summed E-state index contributed by atoms with van der Waals surface area (Å²) in [5.41, 5.74) is 7.61. The number of nitrogens with one attached hydrogen (secondary N) is 1. The average molecular weight is 289 g/mol. The smallest absolute Gasteiger partial charge is 0.224 e. The summed E-state index contributed by atoms with van der Waals surface area (Å²) in [7, 11) is 0. The van der Waals surface area contributed by atoms with Crippen molar-refractivity contribution in [1.29, 1.82) is 0 Å². The quantitative estimate of drug-likeness (QED) is 0.873. The van der Waals surface area contributed by atoms with Gasteiger partial charge in [0.05, 0.1) is 0 Å². The van der Waals surface area contributed by atoms with Crippen molar-refractivity contribution < 1.29 is 9.18 Å². The normalized spacial score (nSPS) is 13.3. The van der Waals surface area contributed by atoms with Crippen molar-refractivity contribution >= 4 is 18.3 Å². The number of hydrogen-bond acceptors (Lipinski definition) is 2. The van der Waals surface area contributed by atoms with Gasteiger partial charge in [0, 0.05) is 18.5 Å². The van der Waals surface area contributed by atoms with Gasteiger partial charge in [0.2, 0.25) is 5.91 Å². The van der Waals surface area contributed by atoms with E-state index in [4.69, 9.17) is 5.73 Å². The predicted octanol–water partition coefficient (Wildman–Crippen LogP) is 2.20. The highest BCUT2D eigenvalue weighted by atomic mass is 35.5. The topological polar surface area (TPSA) is 55.1 Å².